The molecule has 0 aliphatic carbocycles. The summed E-state index contributed by atoms with van der Waals surface area (Å²) in [7, 11) is 0. The molecular formula is C19H22N4O. The van der Waals surface area contributed by atoms with Gasteiger partial charge in [0, 0.05) is 12.1 Å². The number of benzene rings is 2. The van der Waals surface area contributed by atoms with E-state index >= 15 is 0 Å². The minimum absolute atomic E-state index is 0.0688. The van der Waals surface area contributed by atoms with Crippen molar-refractivity contribution in [3.8, 4) is 0 Å². The first kappa shape index (κ1) is 16.2. The van der Waals surface area contributed by atoms with Gasteiger partial charge in [-0.3, -0.25) is 4.79 Å². The number of rotatable bonds is 7. The summed E-state index contributed by atoms with van der Waals surface area (Å²) in [6, 6.07) is 15.7. The van der Waals surface area contributed by atoms with Crippen LogP contribution >= 0.6 is 0 Å². The minimum Gasteiger partial charge on any atom is -0.326 e. The Kier molecular flexibility index (Phi) is 5.21. The number of carbonyl (C=O) groups is 1. The second-order valence-electron chi connectivity index (χ2n) is 5.90. The van der Waals surface area contributed by atoms with Gasteiger partial charge in [-0.15, -0.1) is 5.10 Å². The Hall–Kier alpha value is -2.69. The number of hydrogen-bond acceptors (Lipinski definition) is 3. The molecule has 0 aliphatic rings. The van der Waals surface area contributed by atoms with Crippen LogP contribution in [0.3, 0.4) is 0 Å². The highest BCUT2D eigenvalue weighted by molar-refractivity contribution is 5.91. The number of nitrogens with zero attached hydrogens (tertiary/aromatic N) is 3. The van der Waals surface area contributed by atoms with Crippen LogP contribution in [-0.4, -0.2) is 20.9 Å². The molecule has 1 heterocycles. The van der Waals surface area contributed by atoms with Gasteiger partial charge in [0.1, 0.15) is 5.52 Å². The molecule has 0 saturated carbocycles. The molecule has 0 spiro atoms. The lowest BCUT2D eigenvalue weighted by atomic mass is 10.1. The Labute approximate surface area is 141 Å². The number of carbonyl (C=O) groups excluding carboxylic acids is 1. The van der Waals surface area contributed by atoms with Crippen molar-refractivity contribution in [2.75, 3.05) is 5.32 Å². The molecule has 5 heteroatoms. The molecule has 24 heavy (non-hydrogen) atoms. The van der Waals surface area contributed by atoms with Crippen molar-refractivity contribution in [1.82, 2.24) is 15.0 Å². The van der Waals surface area contributed by atoms with Crippen LogP contribution in [-0.2, 0) is 11.3 Å². The summed E-state index contributed by atoms with van der Waals surface area (Å²) >= 11 is 0. The van der Waals surface area contributed by atoms with Crippen LogP contribution < -0.4 is 5.32 Å². The summed E-state index contributed by atoms with van der Waals surface area (Å²) in [6.07, 6.45) is 3.69. The highest BCUT2D eigenvalue weighted by Gasteiger charge is 2.09. The zero-order valence-corrected chi connectivity index (χ0v) is 13.9. The lowest BCUT2D eigenvalue weighted by molar-refractivity contribution is -0.116. The lowest BCUT2D eigenvalue weighted by Crippen LogP contribution is -2.14. The maximum Gasteiger partial charge on any atom is 0.224 e. The van der Waals surface area contributed by atoms with Gasteiger partial charge in [0.05, 0.1) is 12.1 Å². The van der Waals surface area contributed by atoms with Crippen molar-refractivity contribution >= 4 is 22.6 Å². The summed E-state index contributed by atoms with van der Waals surface area (Å²) < 4.78 is 1.86. The maximum absolute atomic E-state index is 12.1. The number of nitrogens with one attached hydrogen (secondary N) is 1. The minimum atomic E-state index is 0.0688. The second kappa shape index (κ2) is 7.73. The maximum atomic E-state index is 12.1. The van der Waals surface area contributed by atoms with Gasteiger partial charge in [0.15, 0.2) is 0 Å². The zero-order valence-electron chi connectivity index (χ0n) is 13.9. The molecule has 0 radical (unpaired) electrons. The van der Waals surface area contributed by atoms with Gasteiger partial charge in [-0.25, -0.2) is 4.68 Å². The van der Waals surface area contributed by atoms with E-state index in [-0.39, 0.29) is 5.91 Å². The van der Waals surface area contributed by atoms with Gasteiger partial charge in [-0.2, -0.15) is 0 Å². The third-order valence-corrected chi connectivity index (χ3v) is 4.04. The largest absolute Gasteiger partial charge is 0.326 e. The average molecular weight is 322 g/mol. The van der Waals surface area contributed by atoms with E-state index in [9.17, 15) is 4.79 Å². The first-order chi connectivity index (χ1) is 11.8. The quantitative estimate of drug-likeness (QED) is 0.669. The molecule has 0 unspecified atom stereocenters. The molecule has 0 saturated heterocycles. The number of para-hydroxylation sites is 2. The number of hydrogen-bond donors (Lipinski definition) is 1. The average Bonchev–Trinajstić information content (AvgIpc) is 3.00. The van der Waals surface area contributed by atoms with Gasteiger partial charge >= 0.3 is 0 Å². The second-order valence-corrected chi connectivity index (χ2v) is 5.90. The lowest BCUT2D eigenvalue weighted by Gasteiger charge is -2.11. The molecule has 0 bridgehead atoms. The molecule has 1 amide bonds. The Balaban J connectivity index is 1.75. The molecule has 3 aromatic rings. The highest BCUT2D eigenvalue weighted by atomic mass is 16.1. The van der Waals surface area contributed by atoms with Crippen LogP contribution in [0.5, 0.6) is 0 Å². The summed E-state index contributed by atoms with van der Waals surface area (Å²) in [5.74, 6) is 0.0688. The van der Waals surface area contributed by atoms with E-state index in [0.717, 1.165) is 41.5 Å². The number of unbranched alkanes of at least 4 members (excludes halogenated alkanes) is 2. The number of anilines is 1. The van der Waals surface area contributed by atoms with E-state index in [2.05, 4.69) is 22.6 Å². The molecule has 0 fully saturated rings. The molecule has 5 nitrogen and oxygen atoms in total. The van der Waals surface area contributed by atoms with Crippen LogP contribution in [0, 0.1) is 0 Å². The van der Waals surface area contributed by atoms with Crippen molar-refractivity contribution in [1.29, 1.82) is 0 Å². The Morgan fingerprint density at radius 3 is 2.75 bits per heavy atom. The fourth-order valence-electron chi connectivity index (χ4n) is 2.72. The van der Waals surface area contributed by atoms with E-state index in [4.69, 9.17) is 0 Å². The highest BCUT2D eigenvalue weighted by Crippen LogP contribution is 2.19. The van der Waals surface area contributed by atoms with Crippen LogP contribution in [0.2, 0.25) is 0 Å². The van der Waals surface area contributed by atoms with E-state index in [0.29, 0.717) is 13.0 Å². The molecule has 0 aliphatic heterocycles. The Morgan fingerprint density at radius 1 is 1.08 bits per heavy atom. The Morgan fingerprint density at radius 2 is 1.88 bits per heavy atom. The predicted octanol–water partition coefficient (Wildman–Crippen LogP) is 4.00. The van der Waals surface area contributed by atoms with Gasteiger partial charge in [-0.05, 0) is 30.2 Å². The van der Waals surface area contributed by atoms with E-state index < -0.39 is 0 Å². The summed E-state index contributed by atoms with van der Waals surface area (Å²) in [4.78, 5) is 12.1. The van der Waals surface area contributed by atoms with E-state index in [1.54, 1.807) is 0 Å². The standard InChI is InChI=1S/C19H22N4O/c1-2-3-4-13-19(24)20-16-10-6-5-9-15(16)14-23-18-12-8-7-11-17(18)21-22-23/h5-12H,2-4,13-14H2,1H3,(H,20,24). The van der Waals surface area contributed by atoms with Crippen molar-refractivity contribution in [2.24, 2.45) is 0 Å². The van der Waals surface area contributed by atoms with E-state index in [1.165, 1.54) is 0 Å². The fraction of sp³-hybridized carbons (Fsp3) is 0.316. The van der Waals surface area contributed by atoms with Crippen molar-refractivity contribution in [3.63, 3.8) is 0 Å². The monoisotopic (exact) mass is 322 g/mol. The third kappa shape index (κ3) is 3.79. The molecular weight excluding hydrogens is 300 g/mol. The summed E-state index contributed by atoms with van der Waals surface area (Å²) in [5.41, 5.74) is 3.73. The number of amides is 1. The van der Waals surface area contributed by atoms with Crippen LogP contribution in [0.4, 0.5) is 5.69 Å². The fourth-order valence-corrected chi connectivity index (χ4v) is 2.72. The molecule has 0 atom stereocenters. The zero-order chi connectivity index (χ0) is 16.8. The molecule has 1 aromatic heterocycles. The topological polar surface area (TPSA) is 59.8 Å². The molecule has 3 rings (SSSR count). The van der Waals surface area contributed by atoms with Crippen LogP contribution in [0.25, 0.3) is 11.0 Å². The summed E-state index contributed by atoms with van der Waals surface area (Å²) in [6.45, 7) is 2.71. The van der Waals surface area contributed by atoms with Crippen LogP contribution in [0.15, 0.2) is 48.5 Å². The SMILES string of the molecule is CCCCCC(=O)Nc1ccccc1Cn1nnc2ccccc21. The smallest absolute Gasteiger partial charge is 0.224 e. The van der Waals surface area contributed by atoms with Crippen molar-refractivity contribution in [2.45, 2.75) is 39.2 Å². The van der Waals surface area contributed by atoms with Crippen LogP contribution in [0.1, 0.15) is 38.2 Å². The van der Waals surface area contributed by atoms with Crippen molar-refractivity contribution in [3.05, 3.63) is 54.1 Å². The third-order valence-electron chi connectivity index (χ3n) is 4.04. The van der Waals surface area contributed by atoms with Gasteiger partial charge in [0.2, 0.25) is 5.91 Å². The molecule has 1 N–H and O–H groups in total. The number of aromatic nitrogens is 3. The van der Waals surface area contributed by atoms with Gasteiger partial charge in [-0.1, -0.05) is 55.3 Å². The predicted molar refractivity (Wildman–Crippen MR) is 95.8 cm³/mol. The van der Waals surface area contributed by atoms with Gasteiger partial charge in [0.25, 0.3) is 0 Å². The first-order valence-corrected chi connectivity index (χ1v) is 8.44. The van der Waals surface area contributed by atoms with Gasteiger partial charge < -0.3 is 5.32 Å². The first-order valence-electron chi connectivity index (χ1n) is 8.44. The normalized spacial score (nSPS) is 10.9. The number of fused-ring (bicyclic) bond motifs is 1. The van der Waals surface area contributed by atoms with E-state index in [1.807, 2.05) is 53.2 Å². The molecule has 2 aromatic carbocycles. The molecule has 124 valence electrons. The van der Waals surface area contributed by atoms with Crippen molar-refractivity contribution < 1.29 is 4.79 Å². The summed E-state index contributed by atoms with van der Waals surface area (Å²) in [5, 5.41) is 11.4. The Bertz CT molecular complexity index is 825.